The normalized spacial score (nSPS) is 16.7. The molecule has 26 heavy (non-hydrogen) atoms. The van der Waals surface area contributed by atoms with Gasteiger partial charge in [-0.25, -0.2) is 0 Å². The quantitative estimate of drug-likeness (QED) is 0.846. The zero-order valence-corrected chi connectivity index (χ0v) is 15.3. The number of anilines is 2. The molecule has 3 rings (SSSR count). The van der Waals surface area contributed by atoms with E-state index in [1.54, 1.807) is 31.4 Å². The number of hydrogen-bond acceptors (Lipinski definition) is 5. The van der Waals surface area contributed by atoms with Gasteiger partial charge >= 0.3 is 0 Å². The Labute approximate surface area is 156 Å². The van der Waals surface area contributed by atoms with E-state index in [0.717, 1.165) is 17.3 Å². The van der Waals surface area contributed by atoms with Gasteiger partial charge in [-0.2, -0.15) is 0 Å². The Hall–Kier alpha value is -2.80. The number of nitrogens with one attached hydrogen (secondary N) is 2. The number of amidine groups is 1. The van der Waals surface area contributed by atoms with E-state index >= 15 is 0 Å². The first-order valence-electron chi connectivity index (χ1n) is 8.08. The van der Waals surface area contributed by atoms with Gasteiger partial charge in [0.1, 0.15) is 11.0 Å². The number of methoxy groups -OCH3 is 1. The van der Waals surface area contributed by atoms with Crippen LogP contribution in [0.4, 0.5) is 11.4 Å². The van der Waals surface area contributed by atoms with Crippen LogP contribution in [0.2, 0.25) is 0 Å². The van der Waals surface area contributed by atoms with Crippen molar-refractivity contribution in [1.82, 2.24) is 0 Å². The van der Waals surface area contributed by atoms with E-state index in [0.29, 0.717) is 17.1 Å². The summed E-state index contributed by atoms with van der Waals surface area (Å²) in [5, 5.41) is 10.5. The first-order valence-corrected chi connectivity index (χ1v) is 8.96. The summed E-state index contributed by atoms with van der Waals surface area (Å²) in [7, 11) is 1.58. The Bertz CT molecular complexity index is 851. The third kappa shape index (κ3) is 3.72. The number of ether oxygens (including phenoxy) is 1. The Morgan fingerprint density at radius 2 is 1.92 bits per heavy atom. The van der Waals surface area contributed by atoms with Crippen LogP contribution in [0.3, 0.4) is 0 Å². The summed E-state index contributed by atoms with van der Waals surface area (Å²) in [4.78, 5) is 26.4. The van der Waals surface area contributed by atoms with Gasteiger partial charge in [0.05, 0.1) is 12.8 Å². The molecule has 1 atom stereocenters. The van der Waals surface area contributed by atoms with Crippen molar-refractivity contribution in [2.45, 2.75) is 18.6 Å². The number of carbonyl (C=O) groups is 2. The second-order valence-corrected chi connectivity index (χ2v) is 7.04. The lowest BCUT2D eigenvalue weighted by atomic mass is 10.1. The van der Waals surface area contributed by atoms with E-state index in [9.17, 15) is 9.59 Å². The molecule has 0 bridgehead atoms. The highest BCUT2D eigenvalue weighted by molar-refractivity contribution is 8.16. The summed E-state index contributed by atoms with van der Waals surface area (Å²) >= 11 is 1.11. The van der Waals surface area contributed by atoms with Crippen molar-refractivity contribution < 1.29 is 14.3 Å². The third-order valence-electron chi connectivity index (χ3n) is 4.05. The number of aryl methyl sites for hydroxylation is 1. The monoisotopic (exact) mass is 369 g/mol. The standard InChI is InChI=1S/C19H19N3O3S/c1-12-5-3-4-6-15(12)22-18(24)16(26-19(22)20)11-17(23)21-13-7-9-14(25-2)10-8-13/h3-10,16,20H,11H2,1-2H3,(H,21,23)/t16-/m1/s1. The molecule has 0 unspecified atom stereocenters. The summed E-state index contributed by atoms with van der Waals surface area (Å²) in [6.07, 6.45) is 0.0142. The highest BCUT2D eigenvalue weighted by atomic mass is 32.2. The van der Waals surface area contributed by atoms with Crippen molar-refractivity contribution in [3.8, 4) is 5.75 Å². The smallest absolute Gasteiger partial charge is 0.247 e. The van der Waals surface area contributed by atoms with Crippen molar-refractivity contribution in [2.75, 3.05) is 17.3 Å². The fraction of sp³-hybridized carbons (Fsp3) is 0.211. The van der Waals surface area contributed by atoms with Crippen LogP contribution in [0, 0.1) is 12.3 Å². The topological polar surface area (TPSA) is 82.5 Å². The van der Waals surface area contributed by atoms with Crippen LogP contribution in [0.25, 0.3) is 0 Å². The minimum atomic E-state index is -0.597. The highest BCUT2D eigenvalue weighted by Crippen LogP contribution is 2.34. The van der Waals surface area contributed by atoms with Gasteiger partial charge in [-0.15, -0.1) is 0 Å². The minimum absolute atomic E-state index is 0.0142. The molecule has 2 aromatic carbocycles. The number of benzene rings is 2. The molecule has 1 heterocycles. The molecule has 0 radical (unpaired) electrons. The van der Waals surface area contributed by atoms with E-state index in [-0.39, 0.29) is 23.4 Å². The molecule has 0 spiro atoms. The van der Waals surface area contributed by atoms with E-state index in [1.807, 2.05) is 31.2 Å². The maximum atomic E-state index is 12.7. The van der Waals surface area contributed by atoms with Crippen molar-refractivity contribution in [3.05, 3.63) is 54.1 Å². The average Bonchev–Trinajstić information content (AvgIpc) is 2.90. The first-order chi connectivity index (χ1) is 12.5. The van der Waals surface area contributed by atoms with Crippen LogP contribution in [0.1, 0.15) is 12.0 Å². The second kappa shape index (κ2) is 7.61. The highest BCUT2D eigenvalue weighted by Gasteiger charge is 2.39. The van der Waals surface area contributed by atoms with Crippen LogP contribution < -0.4 is 15.0 Å². The fourth-order valence-corrected chi connectivity index (χ4v) is 3.71. The number of nitrogens with zero attached hydrogens (tertiary/aromatic N) is 1. The summed E-state index contributed by atoms with van der Waals surface area (Å²) in [5.41, 5.74) is 2.24. The summed E-state index contributed by atoms with van der Waals surface area (Å²) in [6, 6.07) is 14.4. The summed E-state index contributed by atoms with van der Waals surface area (Å²) < 4.78 is 5.08. The molecule has 1 aliphatic rings. The number of amides is 2. The molecule has 1 saturated heterocycles. The maximum absolute atomic E-state index is 12.7. The number of hydrogen-bond donors (Lipinski definition) is 2. The van der Waals surface area contributed by atoms with Gasteiger partial charge in [-0.05, 0) is 42.8 Å². The van der Waals surface area contributed by atoms with Gasteiger partial charge in [-0.3, -0.25) is 19.9 Å². The third-order valence-corrected chi connectivity index (χ3v) is 5.11. The van der Waals surface area contributed by atoms with Crippen molar-refractivity contribution in [3.63, 3.8) is 0 Å². The van der Waals surface area contributed by atoms with Gasteiger partial charge in [-0.1, -0.05) is 30.0 Å². The number of carbonyl (C=O) groups excluding carboxylic acids is 2. The number of para-hydroxylation sites is 1. The van der Waals surface area contributed by atoms with Crippen LogP contribution in [0.5, 0.6) is 5.75 Å². The van der Waals surface area contributed by atoms with Crippen LogP contribution in [-0.2, 0) is 9.59 Å². The van der Waals surface area contributed by atoms with Gasteiger partial charge in [0.15, 0.2) is 5.17 Å². The molecular weight excluding hydrogens is 350 g/mol. The molecule has 0 aliphatic carbocycles. The van der Waals surface area contributed by atoms with Crippen LogP contribution in [0.15, 0.2) is 48.5 Å². The minimum Gasteiger partial charge on any atom is -0.497 e. The van der Waals surface area contributed by atoms with Crippen molar-refractivity contribution in [2.24, 2.45) is 0 Å². The first kappa shape index (κ1) is 18.0. The fourth-order valence-electron chi connectivity index (χ4n) is 2.71. The molecule has 2 amide bonds. The van der Waals surface area contributed by atoms with Crippen molar-refractivity contribution >= 4 is 40.1 Å². The van der Waals surface area contributed by atoms with Crippen molar-refractivity contribution in [1.29, 1.82) is 5.41 Å². The van der Waals surface area contributed by atoms with Gasteiger partial charge in [0.25, 0.3) is 0 Å². The Kier molecular flexibility index (Phi) is 5.27. The largest absolute Gasteiger partial charge is 0.497 e. The Morgan fingerprint density at radius 3 is 2.58 bits per heavy atom. The summed E-state index contributed by atoms with van der Waals surface area (Å²) in [5.74, 6) is 0.200. The molecule has 0 saturated carbocycles. The summed E-state index contributed by atoms with van der Waals surface area (Å²) in [6.45, 7) is 1.89. The van der Waals surface area contributed by atoms with E-state index < -0.39 is 5.25 Å². The molecule has 6 nitrogen and oxygen atoms in total. The lowest BCUT2D eigenvalue weighted by Gasteiger charge is -2.17. The molecule has 134 valence electrons. The predicted octanol–water partition coefficient (Wildman–Crippen LogP) is 3.42. The van der Waals surface area contributed by atoms with E-state index in [1.165, 1.54) is 4.90 Å². The molecule has 2 aromatic rings. The molecule has 0 aromatic heterocycles. The second-order valence-electron chi connectivity index (χ2n) is 5.85. The number of thioether (sulfide) groups is 1. The Balaban J connectivity index is 1.66. The van der Waals surface area contributed by atoms with Gasteiger partial charge in [0, 0.05) is 12.1 Å². The van der Waals surface area contributed by atoms with Crippen LogP contribution in [-0.4, -0.2) is 29.3 Å². The molecule has 7 heteroatoms. The predicted molar refractivity (Wildman–Crippen MR) is 104 cm³/mol. The van der Waals surface area contributed by atoms with E-state index in [4.69, 9.17) is 10.1 Å². The number of rotatable bonds is 5. The van der Waals surface area contributed by atoms with Gasteiger partial charge in [0.2, 0.25) is 11.8 Å². The molecular formula is C19H19N3O3S. The van der Waals surface area contributed by atoms with Gasteiger partial charge < -0.3 is 10.1 Å². The lowest BCUT2D eigenvalue weighted by Crippen LogP contribution is -2.33. The Morgan fingerprint density at radius 1 is 1.23 bits per heavy atom. The zero-order valence-electron chi connectivity index (χ0n) is 14.5. The molecule has 1 aliphatic heterocycles. The average molecular weight is 369 g/mol. The molecule has 2 N–H and O–H groups in total. The van der Waals surface area contributed by atoms with Crippen LogP contribution >= 0.6 is 11.8 Å². The molecule has 1 fully saturated rings. The SMILES string of the molecule is COc1ccc(NC(=O)C[C@H]2SC(=N)N(c3ccccc3C)C2=O)cc1. The van der Waals surface area contributed by atoms with E-state index in [2.05, 4.69) is 5.32 Å². The maximum Gasteiger partial charge on any atom is 0.247 e. The lowest BCUT2D eigenvalue weighted by molar-refractivity contribution is -0.121. The zero-order chi connectivity index (χ0) is 18.7.